The molecule has 4 heteroatoms. The van der Waals surface area contributed by atoms with E-state index in [0.29, 0.717) is 5.41 Å². The van der Waals surface area contributed by atoms with Gasteiger partial charge in [-0.15, -0.1) is 24.0 Å². The summed E-state index contributed by atoms with van der Waals surface area (Å²) in [5.41, 5.74) is 0.489. The van der Waals surface area contributed by atoms with Crippen molar-refractivity contribution >= 4 is 29.9 Å². The lowest BCUT2D eigenvalue weighted by molar-refractivity contribution is 0.274. The van der Waals surface area contributed by atoms with E-state index >= 15 is 0 Å². The fraction of sp³-hybridized carbons (Fsp3) is 0.923. The van der Waals surface area contributed by atoms with E-state index in [0.717, 1.165) is 25.6 Å². The molecule has 0 amide bonds. The molecule has 0 spiro atoms. The highest BCUT2D eigenvalue weighted by atomic mass is 127. The van der Waals surface area contributed by atoms with Crippen LogP contribution in [0.3, 0.4) is 0 Å². The van der Waals surface area contributed by atoms with E-state index in [-0.39, 0.29) is 24.0 Å². The molecule has 2 rings (SSSR count). The van der Waals surface area contributed by atoms with Gasteiger partial charge < -0.3 is 10.2 Å². The number of guanidine groups is 1. The number of hydrogen-bond donors (Lipinski definition) is 1. The van der Waals surface area contributed by atoms with Gasteiger partial charge in [0.15, 0.2) is 5.96 Å². The number of rotatable bonds is 2. The van der Waals surface area contributed by atoms with Gasteiger partial charge in [0.1, 0.15) is 0 Å². The molecule has 0 radical (unpaired) electrons. The lowest BCUT2D eigenvalue weighted by Gasteiger charge is -2.29. The second-order valence-electron chi connectivity index (χ2n) is 5.71. The molecule has 3 nitrogen and oxygen atoms in total. The average molecular weight is 351 g/mol. The maximum Gasteiger partial charge on any atom is 0.193 e. The summed E-state index contributed by atoms with van der Waals surface area (Å²) in [4.78, 5) is 6.71. The van der Waals surface area contributed by atoms with Crippen LogP contribution < -0.4 is 5.32 Å². The van der Waals surface area contributed by atoms with Gasteiger partial charge in [0.05, 0.1) is 6.54 Å². The molecule has 1 N–H and O–H groups in total. The van der Waals surface area contributed by atoms with Crippen LogP contribution in [0.2, 0.25) is 0 Å². The molecule has 0 atom stereocenters. The summed E-state index contributed by atoms with van der Waals surface area (Å²) in [6.45, 7) is 5.55. The zero-order valence-corrected chi connectivity index (χ0v) is 13.5. The van der Waals surface area contributed by atoms with E-state index in [1.807, 2.05) is 0 Å². The van der Waals surface area contributed by atoms with Crippen LogP contribution in [0.1, 0.15) is 45.4 Å². The highest BCUT2D eigenvalue weighted by molar-refractivity contribution is 14.0. The Morgan fingerprint density at radius 2 is 1.88 bits per heavy atom. The molecule has 1 fully saturated rings. The normalized spacial score (nSPS) is 23.6. The van der Waals surface area contributed by atoms with Crippen LogP contribution in [-0.2, 0) is 0 Å². The predicted octanol–water partition coefficient (Wildman–Crippen LogP) is 2.86. The average Bonchev–Trinajstić information content (AvgIpc) is 2.54. The molecule has 100 valence electrons. The molecule has 0 bridgehead atoms. The summed E-state index contributed by atoms with van der Waals surface area (Å²) in [5.74, 6) is 1.10. The number of nitrogens with one attached hydrogen (secondary N) is 1. The Morgan fingerprint density at radius 3 is 2.41 bits per heavy atom. The first-order chi connectivity index (χ1) is 7.70. The second kappa shape index (κ2) is 6.81. The SMILES string of the molecule is CN1CCN=C1NCC1(C)CCCCCC1.I. The van der Waals surface area contributed by atoms with E-state index in [9.17, 15) is 0 Å². The van der Waals surface area contributed by atoms with E-state index in [1.54, 1.807) is 0 Å². The highest BCUT2D eigenvalue weighted by Crippen LogP contribution is 2.33. The summed E-state index contributed by atoms with van der Waals surface area (Å²) in [7, 11) is 2.12. The maximum atomic E-state index is 4.49. The Balaban J connectivity index is 0.00000144. The molecule has 0 saturated heterocycles. The summed E-state index contributed by atoms with van der Waals surface area (Å²) >= 11 is 0. The Bertz CT molecular complexity index is 257. The van der Waals surface area contributed by atoms with Crippen molar-refractivity contribution in [2.75, 3.05) is 26.7 Å². The van der Waals surface area contributed by atoms with Crippen LogP contribution in [0, 0.1) is 5.41 Å². The lowest BCUT2D eigenvalue weighted by atomic mass is 9.82. The molecule has 2 aliphatic rings. The molecule has 17 heavy (non-hydrogen) atoms. The fourth-order valence-corrected chi connectivity index (χ4v) is 2.77. The van der Waals surface area contributed by atoms with Crippen molar-refractivity contribution < 1.29 is 0 Å². The third kappa shape index (κ3) is 4.30. The van der Waals surface area contributed by atoms with Gasteiger partial charge in [-0.25, -0.2) is 0 Å². The van der Waals surface area contributed by atoms with Crippen molar-refractivity contribution in [1.82, 2.24) is 10.2 Å². The van der Waals surface area contributed by atoms with Gasteiger partial charge in [0, 0.05) is 20.1 Å². The number of halogens is 1. The second-order valence-corrected chi connectivity index (χ2v) is 5.71. The molecule has 0 aromatic heterocycles. The maximum absolute atomic E-state index is 4.49. The van der Waals surface area contributed by atoms with E-state index in [4.69, 9.17) is 0 Å². The molecular weight excluding hydrogens is 325 g/mol. The molecule has 0 unspecified atom stereocenters. The largest absolute Gasteiger partial charge is 0.356 e. The monoisotopic (exact) mass is 351 g/mol. The Kier molecular flexibility index (Phi) is 6.03. The Hall–Kier alpha value is 0. The zero-order chi connectivity index (χ0) is 11.4. The van der Waals surface area contributed by atoms with Gasteiger partial charge in [-0.3, -0.25) is 4.99 Å². The van der Waals surface area contributed by atoms with Crippen LogP contribution in [0.25, 0.3) is 0 Å². The van der Waals surface area contributed by atoms with Gasteiger partial charge >= 0.3 is 0 Å². The van der Waals surface area contributed by atoms with Crippen LogP contribution >= 0.6 is 24.0 Å². The molecule has 1 saturated carbocycles. The van der Waals surface area contributed by atoms with E-state index < -0.39 is 0 Å². The van der Waals surface area contributed by atoms with Crippen molar-refractivity contribution in [1.29, 1.82) is 0 Å². The van der Waals surface area contributed by atoms with Crippen molar-refractivity contribution in [2.45, 2.75) is 45.4 Å². The van der Waals surface area contributed by atoms with Gasteiger partial charge in [0.25, 0.3) is 0 Å². The van der Waals surface area contributed by atoms with Gasteiger partial charge in [-0.1, -0.05) is 32.6 Å². The van der Waals surface area contributed by atoms with Gasteiger partial charge in [0.2, 0.25) is 0 Å². The summed E-state index contributed by atoms with van der Waals surface area (Å²) < 4.78 is 0. The molecule has 0 aromatic carbocycles. The Morgan fingerprint density at radius 1 is 1.24 bits per heavy atom. The third-order valence-corrected chi connectivity index (χ3v) is 4.04. The summed E-state index contributed by atoms with van der Waals surface area (Å²) in [5, 5.41) is 3.55. The Labute approximate surface area is 122 Å². The third-order valence-electron chi connectivity index (χ3n) is 4.04. The molecular formula is C13H26IN3. The highest BCUT2D eigenvalue weighted by Gasteiger charge is 2.26. The minimum atomic E-state index is 0. The van der Waals surface area contributed by atoms with Crippen LogP contribution in [0.5, 0.6) is 0 Å². The van der Waals surface area contributed by atoms with Crippen molar-refractivity contribution in [3.8, 4) is 0 Å². The molecule has 1 aliphatic carbocycles. The van der Waals surface area contributed by atoms with Crippen LogP contribution in [-0.4, -0.2) is 37.5 Å². The number of aliphatic imine (C=N–C) groups is 1. The number of nitrogens with zero attached hydrogens (tertiary/aromatic N) is 2. The molecule has 1 heterocycles. The van der Waals surface area contributed by atoms with Crippen LogP contribution in [0.4, 0.5) is 0 Å². The lowest BCUT2D eigenvalue weighted by Crippen LogP contribution is -2.41. The minimum Gasteiger partial charge on any atom is -0.356 e. The summed E-state index contributed by atoms with van der Waals surface area (Å²) in [6, 6.07) is 0. The van der Waals surface area contributed by atoms with Gasteiger partial charge in [-0.05, 0) is 18.3 Å². The fourth-order valence-electron chi connectivity index (χ4n) is 2.77. The number of hydrogen-bond acceptors (Lipinski definition) is 3. The quantitative estimate of drug-likeness (QED) is 0.612. The number of likely N-dealkylation sites (N-methyl/N-ethyl adjacent to an activating group) is 1. The molecule has 0 aromatic rings. The minimum absolute atomic E-state index is 0. The van der Waals surface area contributed by atoms with Gasteiger partial charge in [-0.2, -0.15) is 0 Å². The van der Waals surface area contributed by atoms with Crippen LogP contribution in [0.15, 0.2) is 4.99 Å². The van der Waals surface area contributed by atoms with Crippen molar-refractivity contribution in [3.63, 3.8) is 0 Å². The standard InChI is InChI=1S/C13H25N3.HI/c1-13(7-5-3-4-6-8-13)11-15-12-14-9-10-16(12)2;/h3-11H2,1-2H3,(H,14,15);1H. The molecule has 1 aliphatic heterocycles. The predicted molar refractivity (Wildman–Crippen MR) is 84.2 cm³/mol. The summed E-state index contributed by atoms with van der Waals surface area (Å²) in [6.07, 6.45) is 8.40. The zero-order valence-electron chi connectivity index (χ0n) is 11.2. The van der Waals surface area contributed by atoms with Crippen molar-refractivity contribution in [3.05, 3.63) is 0 Å². The van der Waals surface area contributed by atoms with Crippen molar-refractivity contribution in [2.24, 2.45) is 10.4 Å². The first-order valence-electron chi connectivity index (χ1n) is 6.69. The first-order valence-corrected chi connectivity index (χ1v) is 6.69. The smallest absolute Gasteiger partial charge is 0.193 e. The topological polar surface area (TPSA) is 27.6 Å². The first kappa shape index (κ1) is 15.1. The van der Waals surface area contributed by atoms with E-state index in [1.165, 1.54) is 38.5 Å². The van der Waals surface area contributed by atoms with E-state index in [2.05, 4.69) is 29.2 Å².